The van der Waals surface area contributed by atoms with E-state index in [4.69, 9.17) is 0 Å². The number of carbonyl (C=O) groups is 1. The fourth-order valence-corrected chi connectivity index (χ4v) is 3.19. The highest BCUT2D eigenvalue weighted by Gasteiger charge is 2.36. The van der Waals surface area contributed by atoms with Crippen LogP contribution in [0.15, 0.2) is 30.5 Å². The lowest BCUT2D eigenvalue weighted by Gasteiger charge is -2.29. The molecule has 1 aliphatic carbocycles. The van der Waals surface area contributed by atoms with Gasteiger partial charge < -0.3 is 15.5 Å². The van der Waals surface area contributed by atoms with E-state index in [9.17, 15) is 15.0 Å². The van der Waals surface area contributed by atoms with Gasteiger partial charge in [-0.2, -0.15) is 0 Å². The molecule has 21 heavy (non-hydrogen) atoms. The van der Waals surface area contributed by atoms with Crippen molar-refractivity contribution in [2.45, 2.75) is 37.6 Å². The second-order valence-electron chi connectivity index (χ2n) is 5.75. The number of fused-ring (bicyclic) bond motifs is 1. The Bertz CT molecular complexity index is 678. The zero-order chi connectivity index (χ0) is 14.9. The van der Waals surface area contributed by atoms with E-state index in [1.165, 1.54) is 0 Å². The summed E-state index contributed by atoms with van der Waals surface area (Å²) in [5.41, 5.74) is -0.432. The van der Waals surface area contributed by atoms with Crippen LogP contribution in [0.25, 0.3) is 10.8 Å². The first-order valence-electron chi connectivity index (χ1n) is 7.16. The Morgan fingerprint density at radius 1 is 1.29 bits per heavy atom. The number of phenolic OH excluding ortho intramolecular Hbond substituents is 1. The van der Waals surface area contributed by atoms with Gasteiger partial charge in [0, 0.05) is 17.1 Å². The number of rotatable bonds is 4. The molecule has 2 aromatic rings. The monoisotopic (exact) mass is 286 g/mol. The smallest absolute Gasteiger partial charge is 0.305 e. The molecule has 1 saturated carbocycles. The lowest BCUT2D eigenvalue weighted by molar-refractivity contribution is -0.138. The first-order valence-corrected chi connectivity index (χ1v) is 7.16. The fourth-order valence-electron chi connectivity index (χ4n) is 3.19. The van der Waals surface area contributed by atoms with E-state index in [-0.39, 0.29) is 12.2 Å². The quantitative estimate of drug-likeness (QED) is 0.804. The number of aliphatic carboxylic acids is 1. The zero-order valence-corrected chi connectivity index (χ0v) is 11.7. The topological polar surface area (TPSA) is 82.5 Å². The van der Waals surface area contributed by atoms with Crippen LogP contribution in [-0.4, -0.2) is 26.7 Å². The first kappa shape index (κ1) is 13.7. The van der Waals surface area contributed by atoms with Gasteiger partial charge >= 0.3 is 5.97 Å². The van der Waals surface area contributed by atoms with Gasteiger partial charge in [0.25, 0.3) is 0 Å². The third-order valence-electron chi connectivity index (χ3n) is 4.18. The number of nitrogens with zero attached hydrogens (tertiary/aromatic N) is 1. The molecule has 0 amide bonds. The number of anilines is 1. The highest BCUT2D eigenvalue weighted by molar-refractivity contribution is 5.93. The molecule has 1 heterocycles. The molecule has 0 atom stereocenters. The van der Waals surface area contributed by atoms with Gasteiger partial charge in [0.05, 0.1) is 6.42 Å². The van der Waals surface area contributed by atoms with Crippen molar-refractivity contribution in [3.63, 3.8) is 0 Å². The van der Waals surface area contributed by atoms with E-state index in [1.807, 2.05) is 12.1 Å². The predicted octanol–water partition coefficient (Wildman–Crippen LogP) is 3.14. The van der Waals surface area contributed by atoms with Crippen LogP contribution in [0.1, 0.15) is 32.1 Å². The molecule has 5 heteroatoms. The largest absolute Gasteiger partial charge is 0.508 e. The minimum atomic E-state index is -0.799. The normalized spacial score (nSPS) is 17.0. The van der Waals surface area contributed by atoms with Gasteiger partial charge in [0.15, 0.2) is 0 Å². The molecular formula is C16H18N2O3. The van der Waals surface area contributed by atoms with E-state index in [1.54, 1.807) is 18.3 Å². The number of nitrogens with one attached hydrogen (secondary N) is 1. The van der Waals surface area contributed by atoms with Gasteiger partial charge in [-0.15, -0.1) is 0 Å². The van der Waals surface area contributed by atoms with Crippen molar-refractivity contribution in [2.75, 3.05) is 5.32 Å². The molecule has 3 rings (SSSR count). The zero-order valence-electron chi connectivity index (χ0n) is 11.7. The Kier molecular flexibility index (Phi) is 3.41. The van der Waals surface area contributed by atoms with Crippen LogP contribution < -0.4 is 5.32 Å². The van der Waals surface area contributed by atoms with Crippen LogP contribution in [0.5, 0.6) is 5.75 Å². The molecule has 5 nitrogen and oxygen atoms in total. The van der Waals surface area contributed by atoms with Crippen molar-refractivity contribution in [3.05, 3.63) is 30.5 Å². The molecule has 1 aromatic carbocycles. The number of carboxylic acids is 1. The van der Waals surface area contributed by atoms with Gasteiger partial charge in [0.1, 0.15) is 11.6 Å². The van der Waals surface area contributed by atoms with Crippen molar-refractivity contribution in [2.24, 2.45) is 0 Å². The molecule has 1 aliphatic rings. The molecule has 0 saturated heterocycles. The van der Waals surface area contributed by atoms with E-state index < -0.39 is 11.5 Å². The number of aromatic nitrogens is 1. The average Bonchev–Trinajstić information content (AvgIpc) is 2.87. The molecule has 0 unspecified atom stereocenters. The van der Waals surface area contributed by atoms with Crippen LogP contribution in [0.3, 0.4) is 0 Å². The molecular weight excluding hydrogens is 268 g/mol. The van der Waals surface area contributed by atoms with Gasteiger partial charge in [0.2, 0.25) is 0 Å². The second kappa shape index (κ2) is 5.24. The summed E-state index contributed by atoms with van der Waals surface area (Å²) in [6.07, 6.45) is 5.49. The van der Waals surface area contributed by atoms with Crippen molar-refractivity contribution < 1.29 is 15.0 Å². The van der Waals surface area contributed by atoms with Crippen molar-refractivity contribution in [1.82, 2.24) is 4.98 Å². The fraction of sp³-hybridized carbons (Fsp3) is 0.375. The Balaban J connectivity index is 2.00. The highest BCUT2D eigenvalue weighted by Crippen LogP contribution is 2.37. The maximum Gasteiger partial charge on any atom is 0.305 e. The summed E-state index contributed by atoms with van der Waals surface area (Å²) in [5, 5.41) is 24.0. The van der Waals surface area contributed by atoms with Gasteiger partial charge in [-0.3, -0.25) is 4.79 Å². The maximum absolute atomic E-state index is 11.2. The summed E-state index contributed by atoms with van der Waals surface area (Å²) in [6, 6.07) is 7.00. The molecule has 1 fully saturated rings. The maximum atomic E-state index is 11.2. The number of hydrogen-bond acceptors (Lipinski definition) is 4. The second-order valence-corrected chi connectivity index (χ2v) is 5.75. The van der Waals surface area contributed by atoms with Crippen LogP contribution in [0.4, 0.5) is 5.82 Å². The van der Waals surface area contributed by atoms with Gasteiger partial charge in [-0.1, -0.05) is 18.9 Å². The van der Waals surface area contributed by atoms with Crippen molar-refractivity contribution in [1.29, 1.82) is 0 Å². The summed E-state index contributed by atoms with van der Waals surface area (Å²) < 4.78 is 0. The lowest BCUT2D eigenvalue weighted by Crippen LogP contribution is -2.37. The van der Waals surface area contributed by atoms with Gasteiger partial charge in [-0.25, -0.2) is 4.98 Å². The number of carboxylic acid groups (broad SMARTS) is 1. The molecule has 110 valence electrons. The highest BCUT2D eigenvalue weighted by atomic mass is 16.4. The number of phenols is 1. The van der Waals surface area contributed by atoms with Crippen LogP contribution in [-0.2, 0) is 4.79 Å². The average molecular weight is 286 g/mol. The Hall–Kier alpha value is -2.30. The Labute approximate surface area is 122 Å². The summed E-state index contributed by atoms with van der Waals surface area (Å²) >= 11 is 0. The van der Waals surface area contributed by atoms with Crippen LogP contribution >= 0.6 is 0 Å². The standard InChI is InChI=1S/C16H18N2O3/c19-12-4-3-11-5-8-17-15(13(11)9-12)18-16(10-14(20)21)6-1-2-7-16/h3-5,8-9,19H,1-2,6-7,10H2,(H,17,18)(H,20,21). The summed E-state index contributed by atoms with van der Waals surface area (Å²) in [5.74, 6) is 0.0243. The first-order chi connectivity index (χ1) is 10.1. The lowest BCUT2D eigenvalue weighted by atomic mass is 9.93. The summed E-state index contributed by atoms with van der Waals surface area (Å²) in [6.45, 7) is 0. The minimum Gasteiger partial charge on any atom is -0.508 e. The molecule has 3 N–H and O–H groups in total. The van der Waals surface area contributed by atoms with Crippen molar-refractivity contribution >= 4 is 22.6 Å². The number of benzene rings is 1. The van der Waals surface area contributed by atoms with Crippen LogP contribution in [0.2, 0.25) is 0 Å². The Morgan fingerprint density at radius 2 is 2.05 bits per heavy atom. The molecule has 0 bridgehead atoms. The van der Waals surface area contributed by atoms with E-state index in [0.29, 0.717) is 5.82 Å². The molecule has 0 aliphatic heterocycles. The van der Waals surface area contributed by atoms with E-state index in [2.05, 4.69) is 10.3 Å². The molecule has 0 radical (unpaired) electrons. The SMILES string of the molecule is O=C(O)CC1(Nc2nccc3ccc(O)cc23)CCCC1. The number of pyridine rings is 1. The molecule has 1 aromatic heterocycles. The third-order valence-corrected chi connectivity index (χ3v) is 4.18. The summed E-state index contributed by atoms with van der Waals surface area (Å²) in [4.78, 5) is 15.5. The third kappa shape index (κ3) is 2.77. The Morgan fingerprint density at radius 3 is 2.76 bits per heavy atom. The number of aromatic hydroxyl groups is 1. The predicted molar refractivity (Wildman–Crippen MR) is 80.5 cm³/mol. The summed E-state index contributed by atoms with van der Waals surface area (Å²) in [7, 11) is 0. The van der Waals surface area contributed by atoms with Crippen LogP contribution in [0, 0.1) is 0 Å². The van der Waals surface area contributed by atoms with Crippen molar-refractivity contribution in [3.8, 4) is 5.75 Å². The van der Waals surface area contributed by atoms with E-state index in [0.717, 1.165) is 36.5 Å². The molecule has 0 spiro atoms. The minimum absolute atomic E-state index is 0.0872. The van der Waals surface area contributed by atoms with Gasteiger partial charge in [-0.05, 0) is 36.4 Å². The number of hydrogen-bond donors (Lipinski definition) is 3. The van der Waals surface area contributed by atoms with E-state index >= 15 is 0 Å².